The van der Waals surface area contributed by atoms with Crippen LogP contribution in [0, 0.1) is 11.6 Å². The Morgan fingerprint density at radius 2 is 2.00 bits per heavy atom. The number of ether oxygens (including phenoxy) is 1. The van der Waals surface area contributed by atoms with E-state index in [-0.39, 0.29) is 23.3 Å². The van der Waals surface area contributed by atoms with Gasteiger partial charge in [0.2, 0.25) is 0 Å². The molecule has 3 aromatic rings. The fraction of sp³-hybridized carbons (Fsp3) is 0.333. The average molecular weight is 477 g/mol. The lowest BCUT2D eigenvalue weighted by molar-refractivity contribution is 0.0222. The van der Waals surface area contributed by atoms with Crippen LogP contribution in [0.4, 0.5) is 20.4 Å². The molecule has 4 rings (SSSR count). The number of rotatable bonds is 6. The number of hydrogen-bond acceptors (Lipinski definition) is 8. The van der Waals surface area contributed by atoms with Gasteiger partial charge in [-0.15, -0.1) is 5.10 Å². The molecule has 0 spiro atoms. The first kappa shape index (κ1) is 22.8. The summed E-state index contributed by atoms with van der Waals surface area (Å²) in [5, 5.41) is 7.65. The number of benzene rings is 1. The fourth-order valence-electron chi connectivity index (χ4n) is 4.15. The standard InChI is InChI=1S/C21H22F2N6O3S/c1-21(7-3-2-4-14(21)13-5-9-27-28-20(13)24)32-17-10-16(23)18(11-15(17)22)33(30,31)29-19-6-8-25-12-26-19/h5-6,8-12,14H,2-4,7H2,1H3,(H2,24,28)(H,25,26,29)/t14-,21-/m1/s1. The largest absolute Gasteiger partial charge is 0.484 e. The Morgan fingerprint density at radius 1 is 1.18 bits per heavy atom. The Hall–Kier alpha value is -3.41. The molecule has 1 fully saturated rings. The molecule has 0 amide bonds. The van der Waals surface area contributed by atoms with Gasteiger partial charge in [0.15, 0.2) is 11.6 Å². The molecule has 0 bridgehead atoms. The van der Waals surface area contributed by atoms with Crippen LogP contribution in [0.25, 0.3) is 0 Å². The van der Waals surface area contributed by atoms with Crippen LogP contribution in [-0.2, 0) is 10.0 Å². The number of nitrogen functional groups attached to an aromatic ring is 1. The maximum Gasteiger partial charge on any atom is 0.266 e. The van der Waals surface area contributed by atoms with Crippen LogP contribution in [-0.4, -0.2) is 34.2 Å². The van der Waals surface area contributed by atoms with Crippen molar-refractivity contribution in [1.82, 2.24) is 20.2 Å². The van der Waals surface area contributed by atoms with Crippen molar-refractivity contribution in [2.24, 2.45) is 0 Å². The number of hydrogen-bond donors (Lipinski definition) is 2. The predicted octanol–water partition coefficient (Wildman–Crippen LogP) is 3.42. The highest BCUT2D eigenvalue weighted by molar-refractivity contribution is 7.92. The van der Waals surface area contributed by atoms with Crippen LogP contribution < -0.4 is 15.2 Å². The van der Waals surface area contributed by atoms with E-state index in [9.17, 15) is 17.2 Å². The zero-order valence-electron chi connectivity index (χ0n) is 17.7. The van der Waals surface area contributed by atoms with E-state index in [1.807, 2.05) is 0 Å². The van der Waals surface area contributed by atoms with Crippen LogP contribution in [0.3, 0.4) is 0 Å². The van der Waals surface area contributed by atoms with Crippen molar-refractivity contribution in [2.45, 2.75) is 49.0 Å². The van der Waals surface area contributed by atoms with Crippen LogP contribution in [0.2, 0.25) is 0 Å². The van der Waals surface area contributed by atoms with E-state index in [0.717, 1.165) is 30.8 Å². The summed E-state index contributed by atoms with van der Waals surface area (Å²) in [5.74, 6) is -2.61. The molecule has 0 unspecified atom stereocenters. The van der Waals surface area contributed by atoms with Gasteiger partial charge in [0.25, 0.3) is 10.0 Å². The quantitative estimate of drug-likeness (QED) is 0.553. The molecular weight excluding hydrogens is 454 g/mol. The van der Waals surface area contributed by atoms with Gasteiger partial charge in [0.05, 0.1) is 6.20 Å². The van der Waals surface area contributed by atoms with Gasteiger partial charge in [-0.3, -0.25) is 4.72 Å². The summed E-state index contributed by atoms with van der Waals surface area (Å²) in [7, 11) is -4.43. The topological polar surface area (TPSA) is 133 Å². The molecule has 0 radical (unpaired) electrons. The summed E-state index contributed by atoms with van der Waals surface area (Å²) in [4.78, 5) is 6.54. The van der Waals surface area contributed by atoms with Crippen LogP contribution >= 0.6 is 0 Å². The Morgan fingerprint density at radius 3 is 2.73 bits per heavy atom. The van der Waals surface area contributed by atoms with Crippen LogP contribution in [0.1, 0.15) is 44.1 Å². The predicted molar refractivity (Wildman–Crippen MR) is 116 cm³/mol. The normalized spacial score (nSPS) is 20.9. The van der Waals surface area contributed by atoms with E-state index in [1.165, 1.54) is 18.5 Å². The molecule has 174 valence electrons. The number of aromatic nitrogens is 4. The highest BCUT2D eigenvalue weighted by atomic mass is 32.2. The summed E-state index contributed by atoms with van der Waals surface area (Å²) in [6.45, 7) is 1.80. The fourth-order valence-corrected chi connectivity index (χ4v) is 5.23. The molecule has 0 aliphatic heterocycles. The van der Waals surface area contributed by atoms with E-state index in [2.05, 4.69) is 24.9 Å². The second-order valence-electron chi connectivity index (χ2n) is 8.00. The third kappa shape index (κ3) is 4.70. The highest BCUT2D eigenvalue weighted by Gasteiger charge is 2.41. The molecule has 2 atom stereocenters. The Labute approximate surface area is 189 Å². The second kappa shape index (κ2) is 8.85. The maximum absolute atomic E-state index is 15.0. The number of nitrogens with two attached hydrogens (primary N) is 1. The Bertz CT molecular complexity index is 1260. The number of nitrogens with one attached hydrogen (secondary N) is 1. The molecule has 1 aliphatic carbocycles. The van der Waals surface area contributed by atoms with Gasteiger partial charge < -0.3 is 10.5 Å². The third-order valence-corrected chi connectivity index (χ3v) is 7.12. The van der Waals surface area contributed by atoms with Gasteiger partial charge in [-0.1, -0.05) is 6.42 Å². The SMILES string of the molecule is C[C@@]1(Oc2cc(F)c(S(=O)(=O)Nc3ccncn3)cc2F)CCCC[C@@H]1c1ccnnc1N. The average Bonchev–Trinajstić information content (AvgIpc) is 2.77. The molecule has 1 aliphatic rings. The minimum Gasteiger partial charge on any atom is -0.484 e. The number of nitrogens with zero attached hydrogens (tertiary/aromatic N) is 4. The summed E-state index contributed by atoms with van der Waals surface area (Å²) in [5.41, 5.74) is 5.81. The van der Waals surface area contributed by atoms with Gasteiger partial charge in [-0.25, -0.2) is 27.2 Å². The Kier molecular flexibility index (Phi) is 6.11. The number of halogens is 2. The molecule has 0 saturated heterocycles. The minimum atomic E-state index is -4.43. The van der Waals surface area contributed by atoms with Crippen molar-refractivity contribution in [3.8, 4) is 5.75 Å². The van der Waals surface area contributed by atoms with Crippen molar-refractivity contribution in [3.63, 3.8) is 0 Å². The minimum absolute atomic E-state index is 0.0776. The molecule has 1 aromatic carbocycles. The summed E-state index contributed by atoms with van der Waals surface area (Å²) >= 11 is 0. The van der Waals surface area contributed by atoms with Gasteiger partial charge in [0, 0.05) is 29.8 Å². The molecule has 33 heavy (non-hydrogen) atoms. The summed E-state index contributed by atoms with van der Waals surface area (Å²) < 4.78 is 63.1. The number of anilines is 2. The lowest BCUT2D eigenvalue weighted by atomic mass is 9.73. The molecule has 9 nitrogen and oxygen atoms in total. The molecular formula is C21H22F2N6O3S. The number of sulfonamides is 1. The highest BCUT2D eigenvalue weighted by Crippen LogP contribution is 2.45. The molecule has 2 aromatic heterocycles. The van der Waals surface area contributed by atoms with E-state index in [4.69, 9.17) is 10.5 Å². The zero-order valence-corrected chi connectivity index (χ0v) is 18.5. The van der Waals surface area contributed by atoms with Crippen molar-refractivity contribution in [3.05, 3.63) is 60.2 Å². The first-order valence-corrected chi connectivity index (χ1v) is 11.7. The van der Waals surface area contributed by atoms with Gasteiger partial charge >= 0.3 is 0 Å². The van der Waals surface area contributed by atoms with E-state index in [1.54, 1.807) is 13.0 Å². The van der Waals surface area contributed by atoms with E-state index >= 15 is 0 Å². The molecule has 12 heteroatoms. The first-order chi connectivity index (χ1) is 15.7. The van der Waals surface area contributed by atoms with Crippen molar-refractivity contribution in [2.75, 3.05) is 10.5 Å². The van der Waals surface area contributed by atoms with Crippen LogP contribution in [0.5, 0.6) is 5.75 Å². The molecule has 3 N–H and O–H groups in total. The summed E-state index contributed by atoms with van der Waals surface area (Å²) in [6, 6.07) is 4.37. The lowest BCUT2D eigenvalue weighted by Gasteiger charge is -2.42. The second-order valence-corrected chi connectivity index (χ2v) is 9.65. The maximum atomic E-state index is 15.0. The first-order valence-electron chi connectivity index (χ1n) is 10.2. The third-order valence-electron chi connectivity index (χ3n) is 5.75. The van der Waals surface area contributed by atoms with Crippen LogP contribution in [0.15, 0.2) is 47.9 Å². The van der Waals surface area contributed by atoms with Crippen molar-refractivity contribution >= 4 is 21.7 Å². The lowest BCUT2D eigenvalue weighted by Crippen LogP contribution is -2.42. The van der Waals surface area contributed by atoms with Gasteiger partial charge in [-0.2, -0.15) is 5.10 Å². The van der Waals surface area contributed by atoms with Crippen molar-refractivity contribution in [1.29, 1.82) is 0 Å². The monoisotopic (exact) mass is 476 g/mol. The smallest absolute Gasteiger partial charge is 0.266 e. The zero-order chi connectivity index (χ0) is 23.6. The van der Waals surface area contributed by atoms with E-state index in [0.29, 0.717) is 18.9 Å². The van der Waals surface area contributed by atoms with E-state index < -0.39 is 32.2 Å². The summed E-state index contributed by atoms with van der Waals surface area (Å²) in [6.07, 6.45) is 6.97. The molecule has 1 saturated carbocycles. The van der Waals surface area contributed by atoms with Gasteiger partial charge in [0.1, 0.15) is 34.3 Å². The molecule has 2 heterocycles. The Balaban J connectivity index is 1.64. The van der Waals surface area contributed by atoms with Crippen molar-refractivity contribution < 1.29 is 21.9 Å². The van der Waals surface area contributed by atoms with Gasteiger partial charge in [-0.05, 0) is 38.3 Å².